The SMILES string of the molecule is O=C(N[C@H]1CCN2CCCC[C@H]12)c1ccoc1. The molecule has 0 aromatic carbocycles. The van der Waals surface area contributed by atoms with E-state index in [1.54, 1.807) is 6.07 Å². The number of nitrogens with one attached hydrogen (secondary N) is 1. The molecule has 2 aliphatic heterocycles. The molecule has 4 nitrogen and oxygen atoms in total. The zero-order valence-electron chi connectivity index (χ0n) is 9.89. The van der Waals surface area contributed by atoms with Gasteiger partial charge in [-0.25, -0.2) is 0 Å². The molecule has 0 saturated carbocycles. The van der Waals surface area contributed by atoms with Crippen molar-refractivity contribution < 1.29 is 9.21 Å². The summed E-state index contributed by atoms with van der Waals surface area (Å²) in [5.74, 6) is -0.00354. The number of furan rings is 1. The van der Waals surface area contributed by atoms with E-state index in [4.69, 9.17) is 4.42 Å². The van der Waals surface area contributed by atoms with Crippen LogP contribution in [0.1, 0.15) is 36.0 Å². The fourth-order valence-electron chi connectivity index (χ4n) is 3.06. The van der Waals surface area contributed by atoms with Gasteiger partial charge < -0.3 is 9.73 Å². The summed E-state index contributed by atoms with van der Waals surface area (Å²) >= 11 is 0. The van der Waals surface area contributed by atoms with E-state index in [0.717, 1.165) is 13.0 Å². The quantitative estimate of drug-likeness (QED) is 0.846. The average Bonchev–Trinajstić information content (AvgIpc) is 2.98. The molecule has 1 aromatic heterocycles. The largest absolute Gasteiger partial charge is 0.472 e. The van der Waals surface area contributed by atoms with Crippen molar-refractivity contribution in [3.8, 4) is 0 Å². The van der Waals surface area contributed by atoms with Crippen LogP contribution in [0.5, 0.6) is 0 Å². The van der Waals surface area contributed by atoms with Crippen LogP contribution in [0.2, 0.25) is 0 Å². The third-order valence-corrected chi connectivity index (χ3v) is 3.96. The highest BCUT2D eigenvalue weighted by atomic mass is 16.3. The van der Waals surface area contributed by atoms with Crippen LogP contribution >= 0.6 is 0 Å². The van der Waals surface area contributed by atoms with E-state index in [1.807, 2.05) is 0 Å². The predicted octanol–water partition coefficient (Wildman–Crippen LogP) is 1.64. The van der Waals surface area contributed by atoms with Gasteiger partial charge >= 0.3 is 0 Å². The van der Waals surface area contributed by atoms with Crippen LogP contribution in [0.4, 0.5) is 0 Å². The van der Waals surface area contributed by atoms with Gasteiger partial charge in [-0.2, -0.15) is 0 Å². The second-order valence-corrected chi connectivity index (χ2v) is 4.98. The van der Waals surface area contributed by atoms with Gasteiger partial charge in [-0.3, -0.25) is 9.69 Å². The van der Waals surface area contributed by atoms with Gasteiger partial charge in [0.25, 0.3) is 5.91 Å². The molecule has 3 heterocycles. The van der Waals surface area contributed by atoms with Gasteiger partial charge in [0.2, 0.25) is 0 Å². The van der Waals surface area contributed by atoms with E-state index in [-0.39, 0.29) is 5.91 Å². The molecule has 2 atom stereocenters. The monoisotopic (exact) mass is 234 g/mol. The summed E-state index contributed by atoms with van der Waals surface area (Å²) in [6.07, 6.45) is 7.93. The minimum Gasteiger partial charge on any atom is -0.472 e. The molecule has 2 saturated heterocycles. The first-order valence-electron chi connectivity index (χ1n) is 6.42. The summed E-state index contributed by atoms with van der Waals surface area (Å²) in [4.78, 5) is 14.5. The van der Waals surface area contributed by atoms with Crippen molar-refractivity contribution in [1.29, 1.82) is 0 Å². The first-order chi connectivity index (χ1) is 8.34. The van der Waals surface area contributed by atoms with Gasteiger partial charge in [0.1, 0.15) is 6.26 Å². The maximum atomic E-state index is 11.9. The first-order valence-corrected chi connectivity index (χ1v) is 6.42. The lowest BCUT2D eigenvalue weighted by molar-refractivity contribution is 0.0914. The maximum absolute atomic E-state index is 11.9. The topological polar surface area (TPSA) is 45.5 Å². The minimum absolute atomic E-state index is 0.00354. The van der Waals surface area contributed by atoms with E-state index in [2.05, 4.69) is 10.2 Å². The molecule has 1 amide bonds. The molecular weight excluding hydrogens is 216 g/mol. The van der Waals surface area contributed by atoms with Gasteiger partial charge in [-0.15, -0.1) is 0 Å². The van der Waals surface area contributed by atoms with Crippen LogP contribution in [0.15, 0.2) is 23.0 Å². The second kappa shape index (κ2) is 4.53. The normalized spacial score (nSPS) is 28.9. The second-order valence-electron chi connectivity index (χ2n) is 4.98. The van der Waals surface area contributed by atoms with Gasteiger partial charge in [-0.1, -0.05) is 6.42 Å². The maximum Gasteiger partial charge on any atom is 0.254 e. The summed E-state index contributed by atoms with van der Waals surface area (Å²) in [6.45, 7) is 2.32. The molecule has 0 aliphatic carbocycles. The van der Waals surface area contributed by atoms with Crippen molar-refractivity contribution in [2.45, 2.75) is 37.8 Å². The van der Waals surface area contributed by atoms with Gasteiger partial charge in [0.05, 0.1) is 11.8 Å². The Hall–Kier alpha value is -1.29. The van der Waals surface area contributed by atoms with Crippen LogP contribution in [-0.4, -0.2) is 36.0 Å². The summed E-state index contributed by atoms with van der Waals surface area (Å²) in [7, 11) is 0. The number of piperidine rings is 1. The number of hydrogen-bond donors (Lipinski definition) is 1. The number of hydrogen-bond acceptors (Lipinski definition) is 3. The highest BCUT2D eigenvalue weighted by molar-refractivity contribution is 5.94. The van der Waals surface area contributed by atoms with Crippen LogP contribution in [0.25, 0.3) is 0 Å². The lowest BCUT2D eigenvalue weighted by Crippen LogP contribution is -2.46. The smallest absolute Gasteiger partial charge is 0.254 e. The number of fused-ring (bicyclic) bond motifs is 1. The fourth-order valence-corrected chi connectivity index (χ4v) is 3.06. The Morgan fingerprint density at radius 3 is 3.12 bits per heavy atom. The van der Waals surface area contributed by atoms with Crippen molar-refractivity contribution in [2.24, 2.45) is 0 Å². The average molecular weight is 234 g/mol. The van der Waals surface area contributed by atoms with Crippen LogP contribution in [0, 0.1) is 0 Å². The van der Waals surface area contributed by atoms with Crippen LogP contribution in [0.3, 0.4) is 0 Å². The van der Waals surface area contributed by atoms with Crippen molar-refractivity contribution in [2.75, 3.05) is 13.1 Å². The number of carbonyl (C=O) groups is 1. The third kappa shape index (κ3) is 2.09. The molecule has 0 unspecified atom stereocenters. The van der Waals surface area contributed by atoms with Gasteiger partial charge in [0.15, 0.2) is 0 Å². The Kier molecular flexibility index (Phi) is 2.89. The molecule has 0 spiro atoms. The minimum atomic E-state index is -0.00354. The lowest BCUT2D eigenvalue weighted by Gasteiger charge is -2.32. The van der Waals surface area contributed by atoms with E-state index in [1.165, 1.54) is 38.3 Å². The zero-order valence-corrected chi connectivity index (χ0v) is 9.89. The molecule has 1 N–H and O–H groups in total. The molecule has 3 rings (SSSR count). The first kappa shape index (κ1) is 10.8. The Balaban J connectivity index is 1.64. The Bertz CT molecular complexity index is 388. The van der Waals surface area contributed by atoms with E-state index >= 15 is 0 Å². The lowest BCUT2D eigenvalue weighted by atomic mass is 9.99. The number of amides is 1. The summed E-state index contributed by atoms with van der Waals surface area (Å²) < 4.78 is 4.94. The highest BCUT2D eigenvalue weighted by Crippen LogP contribution is 2.27. The van der Waals surface area contributed by atoms with Crippen molar-refractivity contribution in [3.63, 3.8) is 0 Å². The molecule has 2 fully saturated rings. The molecule has 17 heavy (non-hydrogen) atoms. The molecule has 0 bridgehead atoms. The van der Waals surface area contributed by atoms with E-state index in [0.29, 0.717) is 17.6 Å². The van der Waals surface area contributed by atoms with Crippen molar-refractivity contribution >= 4 is 5.91 Å². The van der Waals surface area contributed by atoms with Gasteiger partial charge in [0, 0.05) is 18.6 Å². The Labute approximate surface area is 101 Å². The van der Waals surface area contributed by atoms with E-state index in [9.17, 15) is 4.79 Å². The van der Waals surface area contributed by atoms with Gasteiger partial charge in [-0.05, 0) is 31.9 Å². The summed E-state index contributed by atoms with van der Waals surface area (Å²) in [5, 5.41) is 3.14. The standard InChI is InChI=1S/C13H18N2O2/c16-13(10-5-8-17-9-10)14-11-4-7-15-6-2-1-3-12(11)15/h5,8-9,11-12H,1-4,6-7H2,(H,14,16)/t11-,12+/m0/s1. The summed E-state index contributed by atoms with van der Waals surface area (Å²) in [5.41, 5.74) is 0.624. The molecule has 2 aliphatic rings. The molecular formula is C13H18N2O2. The molecule has 1 aromatic rings. The fraction of sp³-hybridized carbons (Fsp3) is 0.615. The third-order valence-electron chi connectivity index (χ3n) is 3.96. The number of carbonyl (C=O) groups excluding carboxylic acids is 1. The number of nitrogens with zero attached hydrogens (tertiary/aromatic N) is 1. The summed E-state index contributed by atoms with van der Waals surface area (Å²) in [6, 6.07) is 2.58. The van der Waals surface area contributed by atoms with Crippen LogP contribution < -0.4 is 5.32 Å². The van der Waals surface area contributed by atoms with Crippen LogP contribution in [-0.2, 0) is 0 Å². The van der Waals surface area contributed by atoms with Crippen molar-refractivity contribution in [3.05, 3.63) is 24.2 Å². The predicted molar refractivity (Wildman–Crippen MR) is 63.8 cm³/mol. The van der Waals surface area contributed by atoms with E-state index < -0.39 is 0 Å². The molecule has 92 valence electrons. The Morgan fingerprint density at radius 1 is 1.35 bits per heavy atom. The molecule has 0 radical (unpaired) electrons. The number of rotatable bonds is 2. The zero-order chi connectivity index (χ0) is 11.7. The molecule has 4 heteroatoms. The van der Waals surface area contributed by atoms with Crippen molar-refractivity contribution in [1.82, 2.24) is 10.2 Å². The Morgan fingerprint density at radius 2 is 2.29 bits per heavy atom. The highest BCUT2D eigenvalue weighted by Gasteiger charge is 2.36.